The second kappa shape index (κ2) is 6.15. The largest absolute Gasteiger partial charge is 0.462 e. The molecule has 5 rings (SSSR count). The Bertz CT molecular complexity index is 735. The van der Waals surface area contributed by atoms with E-state index in [1.54, 1.807) is 0 Å². The lowest BCUT2D eigenvalue weighted by Gasteiger charge is -2.57. The number of allylic oxidation sites excluding steroid dienone is 1. The molecule has 1 aliphatic heterocycles. The van der Waals surface area contributed by atoms with Crippen molar-refractivity contribution in [2.45, 2.75) is 77.6 Å². The van der Waals surface area contributed by atoms with Crippen LogP contribution < -0.4 is 0 Å². The van der Waals surface area contributed by atoms with E-state index in [4.69, 9.17) is 14.2 Å². The van der Waals surface area contributed by atoms with Gasteiger partial charge in [0, 0.05) is 31.1 Å². The van der Waals surface area contributed by atoms with Gasteiger partial charge in [-0.3, -0.25) is 9.59 Å². The molecule has 5 heteroatoms. The van der Waals surface area contributed by atoms with Crippen LogP contribution in [0, 0.1) is 28.6 Å². The fraction of sp³-hybridized carbons (Fsp3) is 0.826. The summed E-state index contributed by atoms with van der Waals surface area (Å²) in [6.07, 6.45) is 8.49. The van der Waals surface area contributed by atoms with Crippen LogP contribution in [0.25, 0.3) is 0 Å². The highest BCUT2D eigenvalue weighted by atomic mass is 16.7. The number of hydrogen-bond donors (Lipinski definition) is 0. The molecule has 5 nitrogen and oxygen atoms in total. The molecule has 1 heterocycles. The number of carbonyl (C=O) groups is 2. The smallest absolute Gasteiger partial charge is 0.302 e. The molecule has 1 saturated heterocycles. The first-order valence-corrected chi connectivity index (χ1v) is 11.0. The van der Waals surface area contributed by atoms with Gasteiger partial charge >= 0.3 is 5.97 Å². The van der Waals surface area contributed by atoms with Gasteiger partial charge in [-0.2, -0.15) is 0 Å². The topological polar surface area (TPSA) is 61.8 Å². The fourth-order valence-corrected chi connectivity index (χ4v) is 7.44. The van der Waals surface area contributed by atoms with Gasteiger partial charge in [-0.25, -0.2) is 0 Å². The summed E-state index contributed by atoms with van der Waals surface area (Å²) in [5.41, 5.74) is 1.22. The molecule has 0 bridgehead atoms. The van der Waals surface area contributed by atoms with Gasteiger partial charge in [0.05, 0.1) is 13.2 Å². The number of rotatable bonds is 1. The second-order valence-electron chi connectivity index (χ2n) is 10.2. The van der Waals surface area contributed by atoms with E-state index >= 15 is 0 Å². The molecule has 4 fully saturated rings. The van der Waals surface area contributed by atoms with Crippen LogP contribution in [0.2, 0.25) is 0 Å². The summed E-state index contributed by atoms with van der Waals surface area (Å²) < 4.78 is 17.6. The van der Waals surface area contributed by atoms with Crippen molar-refractivity contribution < 1.29 is 23.8 Å². The van der Waals surface area contributed by atoms with E-state index < -0.39 is 5.79 Å². The zero-order valence-corrected chi connectivity index (χ0v) is 17.3. The maximum Gasteiger partial charge on any atom is 0.302 e. The summed E-state index contributed by atoms with van der Waals surface area (Å²) in [6, 6.07) is 0. The maximum absolute atomic E-state index is 13.4. The lowest BCUT2D eigenvalue weighted by molar-refractivity contribution is -0.186. The number of carbonyl (C=O) groups excluding carboxylic acids is 2. The third-order valence-corrected chi connectivity index (χ3v) is 8.99. The highest BCUT2D eigenvalue weighted by Crippen LogP contribution is 2.65. The molecule has 4 aliphatic carbocycles. The summed E-state index contributed by atoms with van der Waals surface area (Å²) in [6.45, 7) is 7.42. The predicted molar refractivity (Wildman–Crippen MR) is 102 cm³/mol. The number of ketones is 1. The molecule has 6 atom stereocenters. The van der Waals surface area contributed by atoms with Crippen molar-refractivity contribution in [1.82, 2.24) is 0 Å². The summed E-state index contributed by atoms with van der Waals surface area (Å²) in [4.78, 5) is 25.0. The Balaban J connectivity index is 1.46. The van der Waals surface area contributed by atoms with Crippen molar-refractivity contribution in [1.29, 1.82) is 0 Å². The summed E-state index contributed by atoms with van der Waals surface area (Å²) in [7, 11) is 0. The lowest BCUT2D eigenvalue weighted by Crippen LogP contribution is -2.55. The van der Waals surface area contributed by atoms with E-state index in [9.17, 15) is 9.59 Å². The number of ether oxygens (including phenoxy) is 3. The predicted octanol–water partition coefficient (Wildman–Crippen LogP) is 3.80. The van der Waals surface area contributed by atoms with Crippen molar-refractivity contribution in [2.24, 2.45) is 28.6 Å². The van der Waals surface area contributed by atoms with Gasteiger partial charge in [0.1, 0.15) is 6.10 Å². The summed E-state index contributed by atoms with van der Waals surface area (Å²) >= 11 is 0. The molecular formula is C23H32O5. The molecular weight excluding hydrogens is 356 g/mol. The molecule has 0 amide bonds. The van der Waals surface area contributed by atoms with Crippen molar-refractivity contribution in [2.75, 3.05) is 13.2 Å². The molecule has 3 saturated carbocycles. The zero-order chi connectivity index (χ0) is 19.7. The highest BCUT2D eigenvalue weighted by molar-refractivity contribution is 5.94. The average Bonchev–Trinajstić information content (AvgIpc) is 3.22. The molecule has 0 radical (unpaired) electrons. The van der Waals surface area contributed by atoms with Gasteiger partial charge in [0.15, 0.2) is 11.6 Å². The molecule has 154 valence electrons. The Morgan fingerprint density at radius 1 is 1.07 bits per heavy atom. The van der Waals surface area contributed by atoms with Crippen molar-refractivity contribution in [3.05, 3.63) is 11.6 Å². The molecule has 28 heavy (non-hydrogen) atoms. The Morgan fingerprint density at radius 2 is 1.82 bits per heavy atom. The van der Waals surface area contributed by atoms with Gasteiger partial charge in [0.2, 0.25) is 0 Å². The van der Waals surface area contributed by atoms with Crippen molar-refractivity contribution in [3.63, 3.8) is 0 Å². The Labute approximate surface area is 167 Å². The first kappa shape index (κ1) is 18.8. The van der Waals surface area contributed by atoms with E-state index in [-0.39, 0.29) is 34.6 Å². The van der Waals surface area contributed by atoms with E-state index in [2.05, 4.69) is 13.8 Å². The van der Waals surface area contributed by atoms with E-state index in [0.717, 1.165) is 44.9 Å². The third kappa shape index (κ3) is 2.51. The van der Waals surface area contributed by atoms with Crippen LogP contribution in [-0.2, 0) is 23.8 Å². The number of esters is 1. The minimum atomic E-state index is -0.491. The minimum Gasteiger partial charge on any atom is -0.462 e. The minimum absolute atomic E-state index is 0.0446. The van der Waals surface area contributed by atoms with Crippen LogP contribution in [0.5, 0.6) is 0 Å². The molecule has 0 aromatic carbocycles. The molecule has 0 aromatic heterocycles. The van der Waals surface area contributed by atoms with Gasteiger partial charge in [-0.05, 0) is 55.4 Å². The average molecular weight is 389 g/mol. The zero-order valence-electron chi connectivity index (χ0n) is 17.3. The highest BCUT2D eigenvalue weighted by Gasteiger charge is 2.63. The molecule has 1 spiro atoms. The number of fused-ring (bicyclic) bond motifs is 5. The fourth-order valence-electron chi connectivity index (χ4n) is 7.44. The monoisotopic (exact) mass is 388 g/mol. The third-order valence-electron chi connectivity index (χ3n) is 8.99. The van der Waals surface area contributed by atoms with Crippen LogP contribution in [0.4, 0.5) is 0 Å². The summed E-state index contributed by atoms with van der Waals surface area (Å²) in [5, 5.41) is 0. The van der Waals surface area contributed by atoms with Crippen LogP contribution in [0.1, 0.15) is 65.7 Å². The lowest BCUT2D eigenvalue weighted by atomic mass is 9.47. The maximum atomic E-state index is 13.4. The quantitative estimate of drug-likeness (QED) is 0.640. The SMILES string of the molecule is CC(=O)O[C@H]1CC[C@H]2[C@@H]3C(=O)C=C4CC5(CC[C@]4(C)C3CC[C@]12C)OCCO5. The van der Waals surface area contributed by atoms with Gasteiger partial charge in [0.25, 0.3) is 0 Å². The molecule has 5 aliphatic rings. The van der Waals surface area contributed by atoms with Crippen LogP contribution in [-0.4, -0.2) is 36.9 Å². The van der Waals surface area contributed by atoms with Gasteiger partial charge < -0.3 is 14.2 Å². The first-order chi connectivity index (χ1) is 13.3. The number of hydrogen-bond acceptors (Lipinski definition) is 5. The van der Waals surface area contributed by atoms with Crippen LogP contribution >= 0.6 is 0 Å². The Morgan fingerprint density at radius 3 is 2.54 bits per heavy atom. The molecule has 1 unspecified atom stereocenters. The second-order valence-corrected chi connectivity index (χ2v) is 10.2. The van der Waals surface area contributed by atoms with Crippen molar-refractivity contribution >= 4 is 11.8 Å². The van der Waals surface area contributed by atoms with E-state index in [1.807, 2.05) is 6.08 Å². The van der Waals surface area contributed by atoms with E-state index in [1.165, 1.54) is 12.5 Å². The van der Waals surface area contributed by atoms with Gasteiger partial charge in [-0.1, -0.05) is 19.4 Å². The normalized spacial score (nSPS) is 46.5. The van der Waals surface area contributed by atoms with E-state index in [0.29, 0.717) is 25.0 Å². The molecule has 0 N–H and O–H groups in total. The standard InChI is InChI=1S/C23H32O5/c1-14(24)28-19-5-4-16-20-17(6-7-22(16,19)3)21(2)8-9-23(26-10-11-27-23)13-15(21)12-18(20)25/h12,16-17,19-20H,4-11,13H2,1-3H3/t16-,17?,19-,20-,21-,22-/m0/s1. The first-order valence-electron chi connectivity index (χ1n) is 11.0. The van der Waals surface area contributed by atoms with Crippen LogP contribution in [0.15, 0.2) is 11.6 Å². The summed E-state index contributed by atoms with van der Waals surface area (Å²) in [5.74, 6) is 0.349. The van der Waals surface area contributed by atoms with Crippen molar-refractivity contribution in [3.8, 4) is 0 Å². The Kier molecular flexibility index (Phi) is 4.13. The van der Waals surface area contributed by atoms with Gasteiger partial charge in [-0.15, -0.1) is 0 Å². The molecule has 0 aromatic rings. The Hall–Kier alpha value is -1.20. The van der Waals surface area contributed by atoms with Crippen LogP contribution in [0.3, 0.4) is 0 Å².